The van der Waals surface area contributed by atoms with Gasteiger partial charge < -0.3 is 19.7 Å². The summed E-state index contributed by atoms with van der Waals surface area (Å²) in [7, 11) is 0. The highest BCUT2D eigenvalue weighted by molar-refractivity contribution is 5.14. The average Bonchev–Trinajstić information content (AvgIpc) is 2.92. The molecule has 10 nitrogen and oxygen atoms in total. The molecule has 0 saturated carbocycles. The van der Waals surface area contributed by atoms with Crippen LogP contribution in [-0.2, 0) is 4.74 Å². The fourth-order valence-corrected chi connectivity index (χ4v) is 2.43. The van der Waals surface area contributed by atoms with Gasteiger partial charge in [-0.25, -0.2) is 0 Å². The van der Waals surface area contributed by atoms with E-state index in [-0.39, 0.29) is 12.6 Å². The Morgan fingerprint density at radius 1 is 1.65 bits per heavy atom. The summed E-state index contributed by atoms with van der Waals surface area (Å²) in [5, 5.41) is 23.1. The van der Waals surface area contributed by atoms with Gasteiger partial charge in [0, 0.05) is 17.2 Å². The van der Waals surface area contributed by atoms with Crippen LogP contribution in [0.15, 0.2) is 22.2 Å². The van der Waals surface area contributed by atoms with Crippen molar-refractivity contribution in [1.82, 2.24) is 9.55 Å². The first-order valence-corrected chi connectivity index (χ1v) is 5.85. The molecule has 10 heteroatoms. The lowest BCUT2D eigenvalue weighted by Gasteiger charge is -2.29. The third kappa shape index (κ3) is 1.67. The maximum Gasteiger partial charge on any atom is 0.302 e. The quantitative estimate of drug-likeness (QED) is 0.410. The van der Waals surface area contributed by atoms with Crippen LogP contribution in [0.1, 0.15) is 6.23 Å². The molecule has 106 valence electrons. The summed E-state index contributed by atoms with van der Waals surface area (Å²) >= 11 is 0. The Hall–Kier alpha value is -2.13. The van der Waals surface area contributed by atoms with Crippen molar-refractivity contribution < 1.29 is 19.7 Å². The van der Waals surface area contributed by atoms with Crippen LogP contribution >= 0.6 is 0 Å². The van der Waals surface area contributed by atoms with Crippen LogP contribution in [0.4, 0.5) is 0 Å². The molecule has 3 heterocycles. The molecule has 1 fully saturated rings. The normalized spacial score (nSPS) is 34.0. The number of ether oxygens (including phenoxy) is 2. The van der Waals surface area contributed by atoms with Gasteiger partial charge in [-0.05, 0) is 5.53 Å². The molecule has 1 aromatic rings. The molecule has 2 aliphatic heterocycles. The molecule has 0 bridgehead atoms. The summed E-state index contributed by atoms with van der Waals surface area (Å²) in [4.78, 5) is 17.4. The van der Waals surface area contributed by atoms with Gasteiger partial charge in [-0.3, -0.25) is 9.36 Å². The largest absolute Gasteiger partial charge is 0.453 e. The number of hydrogen-bond acceptors (Lipinski definition) is 7. The van der Waals surface area contributed by atoms with Crippen LogP contribution in [0.5, 0.6) is 6.01 Å². The van der Waals surface area contributed by atoms with Crippen LogP contribution in [0.3, 0.4) is 0 Å². The fourth-order valence-electron chi connectivity index (χ4n) is 2.43. The summed E-state index contributed by atoms with van der Waals surface area (Å²) in [5.74, 6) is 0. The van der Waals surface area contributed by atoms with Crippen LogP contribution in [0.25, 0.3) is 10.4 Å². The number of hydrogen-bond donors (Lipinski definition) is 2. The zero-order chi connectivity index (χ0) is 14.3. The molecule has 20 heavy (non-hydrogen) atoms. The minimum Gasteiger partial charge on any atom is -0.453 e. The van der Waals surface area contributed by atoms with Gasteiger partial charge in [-0.2, -0.15) is 4.98 Å². The van der Waals surface area contributed by atoms with Crippen LogP contribution in [0, 0.1) is 0 Å². The molecule has 1 saturated heterocycles. The number of rotatable bonds is 3. The monoisotopic (exact) mass is 281 g/mol. The van der Waals surface area contributed by atoms with Crippen molar-refractivity contribution in [1.29, 1.82) is 0 Å². The number of aliphatic hydroxyl groups excluding tert-OH is 2. The minimum absolute atomic E-state index is 0.0434. The Bertz CT molecular complexity index is 641. The average molecular weight is 281 g/mol. The molecule has 3 rings (SSSR count). The standard InChI is InChI=1S/C10H11N5O5/c11-14-12-3-10(4-16)7(18)6-8(20-10)15-2-1-5(17)13-9(15)19-6/h1-2,6-8,16,18H,3-4H2/t6-,7-,8?,10+/m0/s1. The van der Waals surface area contributed by atoms with Crippen molar-refractivity contribution in [2.75, 3.05) is 13.2 Å². The van der Waals surface area contributed by atoms with Gasteiger partial charge in [-0.1, -0.05) is 5.11 Å². The van der Waals surface area contributed by atoms with Gasteiger partial charge in [0.25, 0.3) is 5.56 Å². The van der Waals surface area contributed by atoms with Gasteiger partial charge in [0.2, 0.25) is 0 Å². The second kappa shape index (κ2) is 4.46. The molecule has 0 aliphatic carbocycles. The Morgan fingerprint density at radius 2 is 2.45 bits per heavy atom. The van der Waals surface area contributed by atoms with Gasteiger partial charge >= 0.3 is 6.01 Å². The Labute approximate surface area is 111 Å². The van der Waals surface area contributed by atoms with Gasteiger partial charge in [0.1, 0.15) is 11.7 Å². The summed E-state index contributed by atoms with van der Waals surface area (Å²) in [6.07, 6.45) is -1.36. The maximum atomic E-state index is 11.2. The lowest BCUT2D eigenvalue weighted by molar-refractivity contribution is -0.121. The van der Waals surface area contributed by atoms with E-state index in [1.54, 1.807) is 0 Å². The van der Waals surface area contributed by atoms with Crippen LogP contribution in [0.2, 0.25) is 0 Å². The summed E-state index contributed by atoms with van der Waals surface area (Å²) in [6, 6.07) is 1.28. The molecule has 2 aliphatic rings. The minimum atomic E-state index is -1.43. The van der Waals surface area contributed by atoms with E-state index < -0.39 is 36.2 Å². The predicted octanol–water partition coefficient (Wildman–Crippen LogP) is -1.06. The van der Waals surface area contributed by atoms with Crippen molar-refractivity contribution in [3.8, 4) is 6.01 Å². The highest BCUT2D eigenvalue weighted by Crippen LogP contribution is 2.43. The number of aromatic nitrogens is 2. The summed E-state index contributed by atoms with van der Waals surface area (Å²) in [6.45, 7) is -0.771. The van der Waals surface area contributed by atoms with Gasteiger partial charge in [0.15, 0.2) is 12.3 Å². The van der Waals surface area contributed by atoms with Crippen molar-refractivity contribution in [3.05, 3.63) is 33.1 Å². The highest BCUT2D eigenvalue weighted by Gasteiger charge is 2.59. The summed E-state index contributed by atoms with van der Waals surface area (Å²) in [5.41, 5.74) is 6.48. The van der Waals surface area contributed by atoms with Crippen molar-refractivity contribution in [3.63, 3.8) is 0 Å². The molecule has 0 radical (unpaired) electrons. The molecular weight excluding hydrogens is 270 g/mol. The molecule has 1 unspecified atom stereocenters. The molecule has 0 aromatic carbocycles. The second-order valence-electron chi connectivity index (χ2n) is 4.60. The Morgan fingerprint density at radius 3 is 3.15 bits per heavy atom. The predicted molar refractivity (Wildman–Crippen MR) is 62.9 cm³/mol. The van der Waals surface area contributed by atoms with E-state index in [1.807, 2.05) is 0 Å². The van der Waals surface area contributed by atoms with E-state index in [0.717, 1.165) is 0 Å². The zero-order valence-electron chi connectivity index (χ0n) is 10.2. The number of azide groups is 1. The Kier molecular flexibility index (Phi) is 2.87. The number of aliphatic hydroxyl groups is 2. The van der Waals surface area contributed by atoms with E-state index in [1.165, 1.54) is 16.8 Å². The second-order valence-corrected chi connectivity index (χ2v) is 4.60. The SMILES string of the molecule is [N-]=[N+]=NC[C@]1(CO)OC2[C@@H](Oc3nc(=O)ccn32)[C@@H]1O. The van der Waals surface area contributed by atoms with E-state index in [4.69, 9.17) is 15.0 Å². The number of nitrogens with zero attached hydrogens (tertiary/aromatic N) is 5. The first-order chi connectivity index (χ1) is 9.61. The van der Waals surface area contributed by atoms with Crippen molar-refractivity contribution in [2.45, 2.75) is 24.0 Å². The third-order valence-electron chi connectivity index (χ3n) is 3.48. The van der Waals surface area contributed by atoms with Gasteiger partial charge in [0.05, 0.1) is 13.2 Å². The first-order valence-electron chi connectivity index (χ1n) is 5.85. The topological polar surface area (TPSA) is 143 Å². The van der Waals surface area contributed by atoms with Crippen LogP contribution in [-0.4, -0.2) is 50.7 Å². The van der Waals surface area contributed by atoms with E-state index in [9.17, 15) is 15.0 Å². The molecule has 0 amide bonds. The van der Waals surface area contributed by atoms with E-state index in [2.05, 4.69) is 15.0 Å². The molecule has 4 atom stereocenters. The lowest BCUT2D eigenvalue weighted by Crippen LogP contribution is -2.49. The molecule has 0 spiro atoms. The third-order valence-corrected chi connectivity index (χ3v) is 3.48. The van der Waals surface area contributed by atoms with E-state index in [0.29, 0.717) is 0 Å². The summed E-state index contributed by atoms with van der Waals surface area (Å²) < 4.78 is 12.5. The van der Waals surface area contributed by atoms with Gasteiger partial charge in [-0.15, -0.1) is 0 Å². The molecular formula is C10H11N5O5. The Balaban J connectivity index is 1.96. The first kappa shape index (κ1) is 12.9. The number of fused-ring (bicyclic) bond motifs is 3. The zero-order valence-corrected chi connectivity index (χ0v) is 10.2. The molecule has 1 aromatic heterocycles. The van der Waals surface area contributed by atoms with E-state index >= 15 is 0 Å². The molecule has 2 N–H and O–H groups in total. The lowest BCUT2D eigenvalue weighted by atomic mass is 9.96. The maximum absolute atomic E-state index is 11.2. The fraction of sp³-hybridized carbons (Fsp3) is 0.600. The van der Waals surface area contributed by atoms with Crippen molar-refractivity contribution >= 4 is 0 Å². The smallest absolute Gasteiger partial charge is 0.302 e. The highest BCUT2D eigenvalue weighted by atomic mass is 16.6. The van der Waals surface area contributed by atoms with Crippen molar-refractivity contribution in [2.24, 2.45) is 5.11 Å². The van der Waals surface area contributed by atoms with Crippen LogP contribution < -0.4 is 10.3 Å².